The lowest BCUT2D eigenvalue weighted by molar-refractivity contribution is 0.189. The molecular weight excluding hydrogens is 252 g/mol. The smallest absolute Gasteiger partial charge is 0.282 e. The molecule has 0 aromatic rings. The third kappa shape index (κ3) is 3.66. The Bertz CT molecular complexity index is 346. The van der Waals surface area contributed by atoms with E-state index in [1.54, 1.807) is 4.31 Å². The Kier molecular flexibility index (Phi) is 5.58. The minimum absolute atomic E-state index is 0.130. The standard InChI is InChI=1S/C12H26N2O3S/c1-10(2)14(5-6-15)18(16,17)13-8-11(3)7-12(4)9-13/h10-12,15H,5-9H2,1-4H3. The van der Waals surface area contributed by atoms with E-state index in [1.165, 1.54) is 4.31 Å². The lowest BCUT2D eigenvalue weighted by Crippen LogP contribution is -2.52. The molecule has 1 N–H and O–H groups in total. The first-order valence-electron chi connectivity index (χ1n) is 6.66. The highest BCUT2D eigenvalue weighted by molar-refractivity contribution is 7.86. The van der Waals surface area contributed by atoms with Crippen molar-refractivity contribution in [3.8, 4) is 0 Å². The maximum absolute atomic E-state index is 12.5. The molecule has 0 bridgehead atoms. The van der Waals surface area contributed by atoms with Crippen LogP contribution in [0.15, 0.2) is 0 Å². The van der Waals surface area contributed by atoms with Gasteiger partial charge in [0.1, 0.15) is 0 Å². The van der Waals surface area contributed by atoms with Gasteiger partial charge in [0.05, 0.1) is 6.61 Å². The van der Waals surface area contributed by atoms with Crippen molar-refractivity contribution < 1.29 is 13.5 Å². The molecule has 1 rings (SSSR count). The van der Waals surface area contributed by atoms with Gasteiger partial charge in [-0.2, -0.15) is 17.0 Å². The van der Waals surface area contributed by atoms with Gasteiger partial charge in [0.2, 0.25) is 0 Å². The molecule has 0 spiro atoms. The molecule has 0 aromatic carbocycles. The summed E-state index contributed by atoms with van der Waals surface area (Å²) in [5.41, 5.74) is 0. The van der Waals surface area contributed by atoms with Crippen LogP contribution in [0.3, 0.4) is 0 Å². The maximum Gasteiger partial charge on any atom is 0.282 e. The van der Waals surface area contributed by atoms with E-state index in [9.17, 15) is 8.42 Å². The summed E-state index contributed by atoms with van der Waals surface area (Å²) >= 11 is 0. The highest BCUT2D eigenvalue weighted by atomic mass is 32.2. The molecule has 0 aliphatic carbocycles. The Morgan fingerprint density at radius 3 is 2.17 bits per heavy atom. The number of aliphatic hydroxyl groups is 1. The Morgan fingerprint density at radius 1 is 1.28 bits per heavy atom. The van der Waals surface area contributed by atoms with Crippen LogP contribution in [-0.4, -0.2) is 54.4 Å². The van der Waals surface area contributed by atoms with E-state index in [1.807, 2.05) is 13.8 Å². The van der Waals surface area contributed by atoms with Crippen molar-refractivity contribution in [2.24, 2.45) is 11.8 Å². The van der Waals surface area contributed by atoms with Crippen molar-refractivity contribution in [3.05, 3.63) is 0 Å². The van der Waals surface area contributed by atoms with Crippen molar-refractivity contribution in [3.63, 3.8) is 0 Å². The number of nitrogens with zero attached hydrogens (tertiary/aromatic N) is 2. The molecule has 18 heavy (non-hydrogen) atoms. The van der Waals surface area contributed by atoms with E-state index in [0.29, 0.717) is 24.9 Å². The summed E-state index contributed by atoms with van der Waals surface area (Å²) in [6.45, 7) is 9.04. The SMILES string of the molecule is CC1CC(C)CN(S(=O)(=O)N(CCO)C(C)C)C1. The summed E-state index contributed by atoms with van der Waals surface area (Å²) in [5, 5.41) is 9.03. The van der Waals surface area contributed by atoms with Crippen LogP contribution in [0.4, 0.5) is 0 Å². The van der Waals surface area contributed by atoms with Crippen LogP contribution < -0.4 is 0 Å². The Balaban J connectivity index is 2.89. The minimum atomic E-state index is -3.44. The predicted molar refractivity (Wildman–Crippen MR) is 72.4 cm³/mol. The highest BCUT2D eigenvalue weighted by Crippen LogP contribution is 2.25. The number of piperidine rings is 1. The van der Waals surface area contributed by atoms with Gasteiger partial charge in [0.15, 0.2) is 0 Å². The fraction of sp³-hybridized carbons (Fsp3) is 1.00. The van der Waals surface area contributed by atoms with Crippen LogP contribution in [0.1, 0.15) is 34.1 Å². The summed E-state index contributed by atoms with van der Waals surface area (Å²) in [6, 6.07) is -0.130. The molecule has 2 unspecified atom stereocenters. The van der Waals surface area contributed by atoms with Gasteiger partial charge in [0.25, 0.3) is 10.2 Å². The van der Waals surface area contributed by atoms with Crippen LogP contribution in [0.2, 0.25) is 0 Å². The van der Waals surface area contributed by atoms with Crippen molar-refractivity contribution in [2.45, 2.75) is 40.2 Å². The van der Waals surface area contributed by atoms with Gasteiger partial charge in [-0.1, -0.05) is 13.8 Å². The summed E-state index contributed by atoms with van der Waals surface area (Å²) < 4.78 is 28.1. The fourth-order valence-electron chi connectivity index (χ4n) is 2.68. The first-order valence-corrected chi connectivity index (χ1v) is 8.06. The van der Waals surface area contributed by atoms with Gasteiger partial charge in [-0.05, 0) is 32.1 Å². The predicted octanol–water partition coefficient (Wildman–Crippen LogP) is 0.912. The average Bonchev–Trinajstić information content (AvgIpc) is 2.23. The monoisotopic (exact) mass is 278 g/mol. The first-order chi connectivity index (χ1) is 8.28. The molecule has 1 fully saturated rings. The zero-order valence-electron chi connectivity index (χ0n) is 11.8. The van der Waals surface area contributed by atoms with Gasteiger partial charge in [0, 0.05) is 25.7 Å². The van der Waals surface area contributed by atoms with Crippen LogP contribution in [0.25, 0.3) is 0 Å². The molecule has 0 radical (unpaired) electrons. The van der Waals surface area contributed by atoms with Gasteiger partial charge in [-0.3, -0.25) is 0 Å². The average molecular weight is 278 g/mol. The molecule has 0 aromatic heterocycles. The van der Waals surface area contributed by atoms with Gasteiger partial charge in [-0.15, -0.1) is 0 Å². The highest BCUT2D eigenvalue weighted by Gasteiger charge is 2.35. The molecule has 0 saturated carbocycles. The van der Waals surface area contributed by atoms with Crippen molar-refractivity contribution in [2.75, 3.05) is 26.2 Å². The molecule has 108 valence electrons. The molecule has 0 amide bonds. The second-order valence-corrected chi connectivity index (χ2v) is 7.58. The molecular formula is C12H26N2O3S. The summed E-state index contributed by atoms with van der Waals surface area (Å²) in [5.74, 6) is 0.790. The maximum atomic E-state index is 12.5. The number of rotatable bonds is 5. The molecule has 1 heterocycles. The second kappa shape index (κ2) is 6.32. The summed E-state index contributed by atoms with van der Waals surface area (Å²) in [4.78, 5) is 0. The van der Waals surface area contributed by atoms with Crippen LogP contribution in [-0.2, 0) is 10.2 Å². The minimum Gasteiger partial charge on any atom is -0.395 e. The van der Waals surface area contributed by atoms with Crippen LogP contribution in [0, 0.1) is 11.8 Å². The van der Waals surface area contributed by atoms with Gasteiger partial charge in [-0.25, -0.2) is 0 Å². The topological polar surface area (TPSA) is 60.9 Å². The third-order valence-electron chi connectivity index (χ3n) is 3.35. The molecule has 6 heteroatoms. The largest absolute Gasteiger partial charge is 0.395 e. The zero-order valence-corrected chi connectivity index (χ0v) is 12.7. The fourth-order valence-corrected chi connectivity index (χ4v) is 4.71. The summed E-state index contributed by atoms with van der Waals surface area (Å²) in [7, 11) is -3.44. The van der Waals surface area contributed by atoms with E-state index >= 15 is 0 Å². The number of hydrogen-bond acceptors (Lipinski definition) is 3. The van der Waals surface area contributed by atoms with Crippen molar-refractivity contribution >= 4 is 10.2 Å². The Morgan fingerprint density at radius 2 is 1.78 bits per heavy atom. The third-order valence-corrected chi connectivity index (χ3v) is 5.50. The van der Waals surface area contributed by atoms with E-state index < -0.39 is 10.2 Å². The Hall–Kier alpha value is -0.170. The molecule has 2 atom stereocenters. The van der Waals surface area contributed by atoms with E-state index in [-0.39, 0.29) is 19.2 Å². The lowest BCUT2D eigenvalue weighted by atomic mass is 9.94. The van der Waals surface area contributed by atoms with Crippen molar-refractivity contribution in [1.29, 1.82) is 0 Å². The molecule has 5 nitrogen and oxygen atoms in total. The second-order valence-electron chi connectivity index (χ2n) is 5.70. The number of hydrogen-bond donors (Lipinski definition) is 1. The lowest BCUT2D eigenvalue weighted by Gasteiger charge is -2.38. The first kappa shape index (κ1) is 15.9. The van der Waals surface area contributed by atoms with Gasteiger partial charge >= 0.3 is 0 Å². The zero-order chi connectivity index (χ0) is 13.9. The Labute approximate surface area is 111 Å². The van der Waals surface area contributed by atoms with Crippen LogP contribution in [0.5, 0.6) is 0 Å². The normalized spacial score (nSPS) is 27.1. The molecule has 1 aliphatic heterocycles. The van der Waals surface area contributed by atoms with E-state index in [0.717, 1.165) is 6.42 Å². The number of aliphatic hydroxyl groups excluding tert-OH is 1. The molecule has 1 aliphatic rings. The molecule has 1 saturated heterocycles. The van der Waals surface area contributed by atoms with E-state index in [2.05, 4.69) is 13.8 Å². The van der Waals surface area contributed by atoms with Crippen molar-refractivity contribution in [1.82, 2.24) is 8.61 Å². The summed E-state index contributed by atoms with van der Waals surface area (Å²) in [6.07, 6.45) is 1.08. The van der Waals surface area contributed by atoms with E-state index in [4.69, 9.17) is 5.11 Å². The van der Waals surface area contributed by atoms with Crippen LogP contribution >= 0.6 is 0 Å². The quantitative estimate of drug-likeness (QED) is 0.813. The van der Waals surface area contributed by atoms with Gasteiger partial charge < -0.3 is 5.11 Å².